The molecule has 3 atom stereocenters. The molecule has 140 valence electrons. The minimum atomic E-state index is -0.459. The van der Waals surface area contributed by atoms with Crippen LogP contribution in [0.25, 0.3) is 0 Å². The quantitative estimate of drug-likeness (QED) is 0.412. The predicted octanol–water partition coefficient (Wildman–Crippen LogP) is 3.37. The smallest absolute Gasteiger partial charge is 0.194 e. The maximum Gasteiger partial charge on any atom is 0.194 e. The van der Waals surface area contributed by atoms with Crippen LogP contribution >= 0.6 is 24.0 Å². The fourth-order valence-corrected chi connectivity index (χ4v) is 3.49. The number of nitrogens with one attached hydrogen (secondary N) is 1. The lowest BCUT2D eigenvalue weighted by molar-refractivity contribution is 0.157. The second-order valence-electron chi connectivity index (χ2n) is 6.58. The van der Waals surface area contributed by atoms with Gasteiger partial charge in [-0.15, -0.1) is 24.0 Å². The van der Waals surface area contributed by atoms with E-state index >= 15 is 0 Å². The summed E-state index contributed by atoms with van der Waals surface area (Å²) in [6.45, 7) is 5.27. The van der Waals surface area contributed by atoms with Crippen molar-refractivity contribution >= 4 is 29.9 Å². The van der Waals surface area contributed by atoms with E-state index in [1.807, 2.05) is 6.92 Å². The number of ether oxygens (including phenoxy) is 1. The second-order valence-corrected chi connectivity index (χ2v) is 6.58. The van der Waals surface area contributed by atoms with Crippen molar-refractivity contribution in [3.63, 3.8) is 0 Å². The first-order valence-electron chi connectivity index (χ1n) is 8.62. The molecule has 0 spiro atoms. The first-order valence-corrected chi connectivity index (χ1v) is 8.62. The molecule has 4 nitrogen and oxygen atoms in total. The van der Waals surface area contributed by atoms with Crippen LogP contribution in [0.2, 0.25) is 0 Å². The molecule has 25 heavy (non-hydrogen) atoms. The van der Waals surface area contributed by atoms with Crippen molar-refractivity contribution in [3.8, 4) is 0 Å². The number of benzene rings is 1. The van der Waals surface area contributed by atoms with E-state index in [9.17, 15) is 8.78 Å². The fourth-order valence-electron chi connectivity index (χ4n) is 3.49. The summed E-state index contributed by atoms with van der Waals surface area (Å²) in [4.78, 5) is 6.78. The Bertz CT molecular complexity index is 594. The minimum absolute atomic E-state index is 0. The largest absolute Gasteiger partial charge is 0.384 e. The molecule has 1 saturated heterocycles. The molecule has 1 aromatic carbocycles. The van der Waals surface area contributed by atoms with Crippen molar-refractivity contribution in [1.82, 2.24) is 10.2 Å². The zero-order valence-corrected chi connectivity index (χ0v) is 17.0. The van der Waals surface area contributed by atoms with E-state index in [0.29, 0.717) is 12.5 Å². The highest BCUT2D eigenvalue weighted by molar-refractivity contribution is 14.0. The SMILES string of the molecule is CCN=C(NC1CC1c1c(F)cccc1F)N1CCC(COC)C1.I. The van der Waals surface area contributed by atoms with Crippen LogP contribution < -0.4 is 5.32 Å². The first-order chi connectivity index (χ1) is 11.6. The summed E-state index contributed by atoms with van der Waals surface area (Å²) in [5.41, 5.74) is 0.199. The lowest BCUT2D eigenvalue weighted by Gasteiger charge is -2.22. The van der Waals surface area contributed by atoms with E-state index < -0.39 is 11.6 Å². The highest BCUT2D eigenvalue weighted by atomic mass is 127. The van der Waals surface area contributed by atoms with Gasteiger partial charge in [-0.2, -0.15) is 0 Å². The Morgan fingerprint density at radius 2 is 2.08 bits per heavy atom. The average molecular weight is 465 g/mol. The molecule has 1 heterocycles. The molecule has 1 N–H and O–H groups in total. The van der Waals surface area contributed by atoms with E-state index in [1.54, 1.807) is 7.11 Å². The van der Waals surface area contributed by atoms with Crippen molar-refractivity contribution in [1.29, 1.82) is 0 Å². The van der Waals surface area contributed by atoms with Gasteiger partial charge in [0.25, 0.3) is 0 Å². The Balaban J connectivity index is 0.00000225. The molecule has 7 heteroatoms. The summed E-state index contributed by atoms with van der Waals surface area (Å²) in [5, 5.41) is 3.40. The Kier molecular flexibility index (Phi) is 7.42. The van der Waals surface area contributed by atoms with Crippen LogP contribution in [0.15, 0.2) is 23.2 Å². The summed E-state index contributed by atoms with van der Waals surface area (Å²) >= 11 is 0. The number of hydrogen-bond donors (Lipinski definition) is 1. The van der Waals surface area contributed by atoms with Crippen LogP contribution in [0.4, 0.5) is 8.78 Å². The molecular weight excluding hydrogens is 439 g/mol. The highest BCUT2D eigenvalue weighted by Crippen LogP contribution is 2.43. The molecule has 1 aliphatic carbocycles. The third-order valence-corrected chi connectivity index (χ3v) is 4.77. The molecule has 2 fully saturated rings. The molecule has 3 unspecified atom stereocenters. The van der Waals surface area contributed by atoms with Crippen LogP contribution in [0.1, 0.15) is 31.2 Å². The second kappa shape index (κ2) is 9.12. The molecular formula is C18H26F2IN3O. The van der Waals surface area contributed by atoms with Gasteiger partial charge in [-0.05, 0) is 31.9 Å². The molecule has 0 amide bonds. The summed E-state index contributed by atoms with van der Waals surface area (Å²) in [7, 11) is 1.72. The predicted molar refractivity (Wildman–Crippen MR) is 106 cm³/mol. The van der Waals surface area contributed by atoms with E-state index in [2.05, 4.69) is 15.2 Å². The van der Waals surface area contributed by atoms with Crippen LogP contribution in [-0.4, -0.2) is 50.3 Å². The molecule has 1 aliphatic heterocycles. The van der Waals surface area contributed by atoms with E-state index in [4.69, 9.17) is 4.74 Å². The third kappa shape index (κ3) is 4.81. The van der Waals surface area contributed by atoms with Crippen molar-refractivity contribution < 1.29 is 13.5 Å². The zero-order chi connectivity index (χ0) is 17.1. The van der Waals surface area contributed by atoms with Gasteiger partial charge < -0.3 is 15.0 Å². The van der Waals surface area contributed by atoms with Gasteiger partial charge in [-0.3, -0.25) is 4.99 Å². The number of rotatable bonds is 5. The number of guanidine groups is 1. The number of hydrogen-bond acceptors (Lipinski definition) is 2. The number of nitrogens with zero attached hydrogens (tertiary/aromatic N) is 2. The molecule has 0 bridgehead atoms. The third-order valence-electron chi connectivity index (χ3n) is 4.77. The molecule has 0 radical (unpaired) electrons. The maximum absolute atomic E-state index is 13.9. The summed E-state index contributed by atoms with van der Waals surface area (Å²) in [5.74, 6) is 0.322. The summed E-state index contributed by atoms with van der Waals surface area (Å²) in [6, 6.07) is 4.10. The normalized spacial score (nSPS) is 25.7. The van der Waals surface area contributed by atoms with Crippen LogP contribution in [0, 0.1) is 17.6 Å². The van der Waals surface area contributed by atoms with Crippen molar-refractivity contribution in [2.75, 3.05) is 33.4 Å². The number of halogens is 3. The van der Waals surface area contributed by atoms with E-state index in [-0.39, 0.29) is 41.5 Å². The van der Waals surface area contributed by atoms with Crippen molar-refractivity contribution in [2.24, 2.45) is 10.9 Å². The Morgan fingerprint density at radius 1 is 1.36 bits per heavy atom. The van der Waals surface area contributed by atoms with Gasteiger partial charge in [0.05, 0.1) is 6.61 Å². The lowest BCUT2D eigenvalue weighted by atomic mass is 10.1. The Labute approximate surface area is 165 Å². The van der Waals surface area contributed by atoms with Crippen molar-refractivity contribution in [3.05, 3.63) is 35.4 Å². The van der Waals surface area contributed by atoms with Gasteiger partial charge in [0.2, 0.25) is 0 Å². The molecule has 1 aromatic rings. The summed E-state index contributed by atoms with van der Waals surface area (Å²) in [6.07, 6.45) is 1.81. The van der Waals surface area contributed by atoms with Crippen LogP contribution in [-0.2, 0) is 4.74 Å². The molecule has 1 saturated carbocycles. The van der Waals surface area contributed by atoms with Gasteiger partial charge in [0.1, 0.15) is 11.6 Å². The first kappa shape index (κ1) is 20.4. The highest BCUT2D eigenvalue weighted by Gasteiger charge is 2.43. The van der Waals surface area contributed by atoms with Gasteiger partial charge in [0, 0.05) is 50.2 Å². The zero-order valence-electron chi connectivity index (χ0n) is 14.7. The van der Waals surface area contributed by atoms with Gasteiger partial charge in [-0.1, -0.05) is 6.07 Å². The molecule has 0 aromatic heterocycles. The van der Waals surface area contributed by atoms with Crippen LogP contribution in [0.5, 0.6) is 0 Å². The monoisotopic (exact) mass is 465 g/mol. The summed E-state index contributed by atoms with van der Waals surface area (Å²) < 4.78 is 33.1. The van der Waals surface area contributed by atoms with Gasteiger partial charge in [0.15, 0.2) is 5.96 Å². The Hall–Kier alpha value is -0.960. The molecule has 2 aliphatic rings. The van der Waals surface area contributed by atoms with E-state index in [1.165, 1.54) is 18.2 Å². The number of aliphatic imine (C=N–C) groups is 1. The minimum Gasteiger partial charge on any atom is -0.384 e. The fraction of sp³-hybridized carbons (Fsp3) is 0.611. The lowest BCUT2D eigenvalue weighted by Crippen LogP contribution is -2.42. The number of likely N-dealkylation sites (tertiary alicyclic amines) is 1. The van der Waals surface area contributed by atoms with Crippen molar-refractivity contribution in [2.45, 2.75) is 31.7 Å². The van der Waals surface area contributed by atoms with Crippen LogP contribution in [0.3, 0.4) is 0 Å². The van der Waals surface area contributed by atoms with Gasteiger partial charge in [-0.25, -0.2) is 8.78 Å². The maximum atomic E-state index is 13.9. The average Bonchev–Trinajstić information content (AvgIpc) is 3.12. The number of methoxy groups -OCH3 is 1. The Morgan fingerprint density at radius 3 is 2.72 bits per heavy atom. The van der Waals surface area contributed by atoms with E-state index in [0.717, 1.165) is 38.5 Å². The standard InChI is InChI=1S/C18H25F2N3O.HI/c1-3-21-18(23-8-7-12(10-23)11-24-2)22-16-9-13(16)17-14(19)5-4-6-15(17)20;/h4-6,12-13,16H,3,7-11H2,1-2H3,(H,21,22);1H. The topological polar surface area (TPSA) is 36.9 Å². The molecule has 3 rings (SSSR count). The van der Waals surface area contributed by atoms with Gasteiger partial charge >= 0.3 is 0 Å².